The number of fused-ring (bicyclic) bond motifs is 1. The SMILES string of the molecule is COCC(O)CN1CCN(C(=O)CCc2c(C)c3cc(Cl)c(OC)cc3oc2=O)CC1. The molecule has 1 fully saturated rings. The topological polar surface area (TPSA) is 92.5 Å². The van der Waals surface area contributed by atoms with E-state index >= 15 is 0 Å². The Hall–Kier alpha value is -2.13. The molecule has 1 amide bonds. The summed E-state index contributed by atoms with van der Waals surface area (Å²) in [6.45, 7) is 5.25. The number of ether oxygens (including phenoxy) is 2. The molecule has 1 N–H and O–H groups in total. The van der Waals surface area contributed by atoms with Crippen LogP contribution in [0.3, 0.4) is 0 Å². The van der Waals surface area contributed by atoms with E-state index in [0.29, 0.717) is 67.7 Å². The van der Waals surface area contributed by atoms with Gasteiger partial charge >= 0.3 is 5.63 Å². The lowest BCUT2D eigenvalue weighted by Crippen LogP contribution is -2.50. The summed E-state index contributed by atoms with van der Waals surface area (Å²) in [6.07, 6.45) is 0.00273. The number of hydrogen-bond donors (Lipinski definition) is 1. The van der Waals surface area contributed by atoms with E-state index in [1.165, 1.54) is 7.11 Å². The lowest BCUT2D eigenvalue weighted by Gasteiger charge is -2.35. The smallest absolute Gasteiger partial charge is 0.339 e. The van der Waals surface area contributed by atoms with Crippen molar-refractivity contribution in [2.45, 2.75) is 25.9 Å². The third-order valence-electron chi connectivity index (χ3n) is 5.70. The van der Waals surface area contributed by atoms with Gasteiger partial charge in [-0.05, 0) is 25.0 Å². The monoisotopic (exact) mass is 452 g/mol. The van der Waals surface area contributed by atoms with Crippen molar-refractivity contribution in [3.8, 4) is 5.75 Å². The van der Waals surface area contributed by atoms with Gasteiger partial charge in [0.2, 0.25) is 5.91 Å². The van der Waals surface area contributed by atoms with Crippen molar-refractivity contribution in [1.82, 2.24) is 9.80 Å². The first-order valence-corrected chi connectivity index (χ1v) is 10.7. The van der Waals surface area contributed by atoms with Crippen LogP contribution in [0.25, 0.3) is 11.0 Å². The number of carbonyl (C=O) groups is 1. The van der Waals surface area contributed by atoms with Crippen molar-refractivity contribution in [1.29, 1.82) is 0 Å². The van der Waals surface area contributed by atoms with Crippen molar-refractivity contribution in [3.63, 3.8) is 0 Å². The number of piperazine rings is 1. The lowest BCUT2D eigenvalue weighted by molar-refractivity contribution is -0.133. The fraction of sp³-hybridized carbons (Fsp3) is 0.545. The molecule has 31 heavy (non-hydrogen) atoms. The molecule has 0 saturated carbocycles. The number of rotatable bonds is 8. The van der Waals surface area contributed by atoms with Crippen LogP contribution >= 0.6 is 11.6 Å². The Morgan fingerprint density at radius 3 is 2.61 bits per heavy atom. The van der Waals surface area contributed by atoms with Crippen LogP contribution in [0.2, 0.25) is 5.02 Å². The third-order valence-corrected chi connectivity index (χ3v) is 6.00. The average Bonchev–Trinajstić information content (AvgIpc) is 2.74. The molecule has 170 valence electrons. The number of aliphatic hydroxyl groups excluding tert-OH is 1. The van der Waals surface area contributed by atoms with Crippen LogP contribution in [0.1, 0.15) is 17.5 Å². The van der Waals surface area contributed by atoms with Gasteiger partial charge < -0.3 is 23.9 Å². The molecule has 1 aromatic carbocycles. The minimum Gasteiger partial charge on any atom is -0.495 e. The summed E-state index contributed by atoms with van der Waals surface area (Å²) in [7, 11) is 3.06. The number of halogens is 1. The number of β-amino-alcohol motifs (C(OH)–C–C–N with tert-alkyl or cyclic N) is 1. The molecule has 1 aromatic heterocycles. The number of nitrogens with zero attached hydrogens (tertiary/aromatic N) is 2. The highest BCUT2D eigenvalue weighted by Gasteiger charge is 2.23. The summed E-state index contributed by atoms with van der Waals surface area (Å²) < 4.78 is 15.6. The van der Waals surface area contributed by atoms with Crippen molar-refractivity contribution in [3.05, 3.63) is 38.7 Å². The van der Waals surface area contributed by atoms with Gasteiger partial charge in [0.15, 0.2) is 0 Å². The third kappa shape index (κ3) is 5.57. The van der Waals surface area contributed by atoms with Gasteiger partial charge in [-0.25, -0.2) is 4.79 Å². The quantitative estimate of drug-likeness (QED) is 0.611. The van der Waals surface area contributed by atoms with Crippen LogP contribution in [0, 0.1) is 6.92 Å². The molecule has 1 atom stereocenters. The van der Waals surface area contributed by atoms with Crippen LogP contribution in [-0.4, -0.2) is 80.5 Å². The van der Waals surface area contributed by atoms with E-state index in [1.807, 2.05) is 6.92 Å². The Bertz CT molecular complexity index is 984. The maximum Gasteiger partial charge on any atom is 0.339 e. The van der Waals surface area contributed by atoms with E-state index in [-0.39, 0.29) is 12.3 Å². The molecule has 1 aliphatic rings. The van der Waals surface area contributed by atoms with Crippen LogP contribution in [0.5, 0.6) is 5.75 Å². The molecule has 2 aromatic rings. The van der Waals surface area contributed by atoms with Gasteiger partial charge in [-0.2, -0.15) is 0 Å². The number of methoxy groups -OCH3 is 2. The minimum absolute atomic E-state index is 0.00347. The van der Waals surface area contributed by atoms with Gasteiger partial charge in [-0.3, -0.25) is 9.69 Å². The van der Waals surface area contributed by atoms with Crippen molar-refractivity contribution >= 4 is 28.5 Å². The zero-order valence-electron chi connectivity index (χ0n) is 18.1. The number of aryl methyl sites for hydroxylation is 1. The Kier molecular flexibility index (Phi) is 7.94. The summed E-state index contributed by atoms with van der Waals surface area (Å²) in [5.41, 5.74) is 1.22. The first-order chi connectivity index (χ1) is 14.8. The van der Waals surface area contributed by atoms with Crippen LogP contribution < -0.4 is 10.4 Å². The Labute approximate surface area is 186 Å². The maximum absolute atomic E-state index is 12.7. The number of hydrogen-bond acceptors (Lipinski definition) is 7. The number of benzene rings is 1. The zero-order chi connectivity index (χ0) is 22.5. The zero-order valence-corrected chi connectivity index (χ0v) is 18.9. The molecule has 0 spiro atoms. The molecule has 9 heteroatoms. The van der Waals surface area contributed by atoms with Gasteiger partial charge in [0.1, 0.15) is 11.3 Å². The van der Waals surface area contributed by atoms with Crippen LogP contribution in [0.15, 0.2) is 21.3 Å². The highest BCUT2D eigenvalue weighted by atomic mass is 35.5. The molecule has 8 nitrogen and oxygen atoms in total. The molecule has 0 aliphatic carbocycles. The molecule has 2 heterocycles. The van der Waals surface area contributed by atoms with E-state index in [1.54, 1.807) is 24.1 Å². The maximum atomic E-state index is 12.7. The molecule has 0 radical (unpaired) electrons. The van der Waals surface area contributed by atoms with Gasteiger partial charge in [0.25, 0.3) is 0 Å². The van der Waals surface area contributed by atoms with Crippen LogP contribution in [-0.2, 0) is 16.0 Å². The minimum atomic E-state index is -0.532. The van der Waals surface area contributed by atoms with E-state index in [2.05, 4.69) is 4.90 Å². The highest BCUT2D eigenvalue weighted by molar-refractivity contribution is 6.32. The first kappa shape index (κ1) is 23.5. The van der Waals surface area contributed by atoms with E-state index in [9.17, 15) is 14.7 Å². The second kappa shape index (κ2) is 10.5. The Balaban J connectivity index is 1.62. The predicted octanol–water partition coefficient (Wildman–Crippen LogP) is 1.85. The summed E-state index contributed by atoms with van der Waals surface area (Å²) in [4.78, 5) is 29.1. The van der Waals surface area contributed by atoms with Crippen LogP contribution in [0.4, 0.5) is 0 Å². The van der Waals surface area contributed by atoms with Gasteiger partial charge in [0.05, 0.1) is 24.8 Å². The molecule has 1 saturated heterocycles. The summed E-state index contributed by atoms with van der Waals surface area (Å²) in [5, 5.41) is 11.0. The fourth-order valence-corrected chi connectivity index (χ4v) is 4.19. The number of carbonyl (C=O) groups excluding carboxylic acids is 1. The molecule has 3 rings (SSSR count). The Morgan fingerprint density at radius 2 is 1.97 bits per heavy atom. The second-order valence-corrected chi connectivity index (χ2v) is 8.17. The normalized spacial score (nSPS) is 16.0. The van der Waals surface area contributed by atoms with Gasteiger partial charge in [-0.15, -0.1) is 0 Å². The number of amides is 1. The van der Waals surface area contributed by atoms with Crippen molar-refractivity contribution in [2.24, 2.45) is 0 Å². The first-order valence-electron chi connectivity index (χ1n) is 10.3. The van der Waals surface area contributed by atoms with E-state index in [4.69, 9.17) is 25.5 Å². The molecular formula is C22H29ClN2O6. The van der Waals surface area contributed by atoms with Gasteiger partial charge in [0, 0.05) is 63.3 Å². The summed E-state index contributed by atoms with van der Waals surface area (Å²) in [6, 6.07) is 3.32. The summed E-state index contributed by atoms with van der Waals surface area (Å²) in [5.74, 6) is 0.442. The number of aliphatic hydroxyl groups is 1. The Morgan fingerprint density at radius 1 is 1.26 bits per heavy atom. The summed E-state index contributed by atoms with van der Waals surface area (Å²) >= 11 is 6.23. The largest absolute Gasteiger partial charge is 0.495 e. The van der Waals surface area contributed by atoms with Crippen molar-refractivity contribution in [2.75, 3.05) is 53.6 Å². The standard InChI is InChI=1S/C22H29ClN2O6/c1-14-16(22(28)31-19-11-20(30-3)18(23)10-17(14)19)4-5-21(27)25-8-6-24(7-9-25)12-15(26)13-29-2/h10-11,15,26H,4-9,12-13H2,1-3H3. The predicted molar refractivity (Wildman–Crippen MR) is 118 cm³/mol. The van der Waals surface area contributed by atoms with Crippen molar-refractivity contribution < 1.29 is 23.8 Å². The molecule has 1 unspecified atom stereocenters. The lowest BCUT2D eigenvalue weighted by atomic mass is 10.0. The highest BCUT2D eigenvalue weighted by Crippen LogP contribution is 2.31. The molecular weight excluding hydrogens is 424 g/mol. The second-order valence-electron chi connectivity index (χ2n) is 7.77. The van der Waals surface area contributed by atoms with E-state index in [0.717, 1.165) is 10.9 Å². The van der Waals surface area contributed by atoms with Gasteiger partial charge in [-0.1, -0.05) is 11.6 Å². The molecule has 0 bridgehead atoms. The fourth-order valence-electron chi connectivity index (χ4n) is 3.95. The van der Waals surface area contributed by atoms with E-state index < -0.39 is 11.7 Å². The average molecular weight is 453 g/mol. The molecule has 1 aliphatic heterocycles.